The number of hydrogen-bond acceptors (Lipinski definition) is 9. The van der Waals surface area contributed by atoms with Gasteiger partial charge in [0.2, 0.25) is 11.7 Å². The van der Waals surface area contributed by atoms with Crippen LogP contribution in [0.1, 0.15) is 43.0 Å². The van der Waals surface area contributed by atoms with Gasteiger partial charge in [0.1, 0.15) is 6.04 Å². The molecule has 4 aliphatic rings. The van der Waals surface area contributed by atoms with E-state index in [2.05, 4.69) is 16.3 Å². The number of aryl methyl sites for hydroxylation is 1. The number of allylic oxidation sites excluding steroid dienone is 2. The van der Waals surface area contributed by atoms with Crippen molar-refractivity contribution in [3.05, 3.63) is 45.2 Å². The fourth-order valence-electron chi connectivity index (χ4n) is 7.05. The van der Waals surface area contributed by atoms with Crippen LogP contribution in [-0.2, 0) is 25.5 Å². The van der Waals surface area contributed by atoms with Crippen LogP contribution in [0.4, 0.5) is 0 Å². The monoisotopic (exact) mass is 520 g/mol. The first-order valence-electron chi connectivity index (χ1n) is 12.7. The van der Waals surface area contributed by atoms with E-state index in [0.717, 1.165) is 11.1 Å². The van der Waals surface area contributed by atoms with Crippen molar-refractivity contribution in [1.29, 1.82) is 5.26 Å². The van der Waals surface area contributed by atoms with Crippen molar-refractivity contribution in [3.8, 4) is 17.6 Å². The van der Waals surface area contributed by atoms with Crippen LogP contribution < -0.4 is 10.1 Å². The summed E-state index contributed by atoms with van der Waals surface area (Å²) in [6, 6.07) is 2.07. The average molecular weight is 521 g/mol. The molecule has 5 rings (SSSR count). The number of hydrogen-bond donors (Lipinski definition) is 2. The zero-order valence-electron chi connectivity index (χ0n) is 22.4. The number of benzene rings is 1. The maximum atomic E-state index is 13.7. The molecule has 1 aromatic rings. The van der Waals surface area contributed by atoms with Gasteiger partial charge in [-0.3, -0.25) is 24.2 Å². The first-order valence-corrected chi connectivity index (χ1v) is 12.7. The Bertz CT molecular complexity index is 1370. The Morgan fingerprint density at radius 3 is 2.50 bits per heavy atom. The second kappa shape index (κ2) is 9.26. The van der Waals surface area contributed by atoms with Gasteiger partial charge in [-0.1, -0.05) is 6.07 Å². The number of amides is 1. The summed E-state index contributed by atoms with van der Waals surface area (Å²) in [5.41, 5.74) is 3.34. The number of likely N-dealkylation sites (N-methyl/N-ethyl adjacent to an activating group) is 1. The van der Waals surface area contributed by atoms with Crippen LogP contribution in [0, 0.1) is 18.3 Å². The molecule has 2 unspecified atom stereocenters. The molecule has 38 heavy (non-hydrogen) atoms. The van der Waals surface area contributed by atoms with E-state index in [-0.39, 0.29) is 59.4 Å². The van der Waals surface area contributed by atoms with Crippen molar-refractivity contribution in [2.75, 3.05) is 27.8 Å². The Kier molecular flexibility index (Phi) is 6.32. The van der Waals surface area contributed by atoms with Gasteiger partial charge in [-0.15, -0.1) is 0 Å². The molecule has 10 heteroatoms. The Morgan fingerprint density at radius 1 is 1.18 bits per heavy atom. The lowest BCUT2D eigenvalue weighted by Gasteiger charge is -2.60. The predicted octanol–water partition coefficient (Wildman–Crippen LogP) is 1.46. The smallest absolute Gasteiger partial charge is 0.226 e. The van der Waals surface area contributed by atoms with Crippen molar-refractivity contribution < 1.29 is 29.0 Å². The van der Waals surface area contributed by atoms with Crippen LogP contribution in [0.5, 0.6) is 11.5 Å². The van der Waals surface area contributed by atoms with Gasteiger partial charge in [0.25, 0.3) is 0 Å². The van der Waals surface area contributed by atoms with Crippen LogP contribution in [-0.4, -0.2) is 84.4 Å². The molecule has 3 aliphatic heterocycles. The minimum Gasteiger partial charge on any atom is -0.504 e. The number of aromatic hydroxyl groups is 1. The van der Waals surface area contributed by atoms with Gasteiger partial charge >= 0.3 is 0 Å². The van der Waals surface area contributed by atoms with E-state index >= 15 is 0 Å². The molecule has 10 nitrogen and oxygen atoms in total. The number of nitrogens with one attached hydrogen (secondary N) is 1. The molecule has 1 aliphatic carbocycles. The number of carbonyl (C=O) groups is 3. The fraction of sp³-hybridized carbons (Fsp3) is 0.500. The topological polar surface area (TPSA) is 132 Å². The Hall–Kier alpha value is -3.68. The first-order chi connectivity index (χ1) is 18.1. The lowest BCUT2D eigenvalue weighted by Crippen LogP contribution is -2.71. The number of carbonyl (C=O) groups excluding carboxylic acids is 3. The number of methoxy groups -OCH3 is 2. The summed E-state index contributed by atoms with van der Waals surface area (Å²) in [5.74, 6) is -0.518. The summed E-state index contributed by atoms with van der Waals surface area (Å²) in [6.45, 7) is 4.89. The number of piperazine rings is 1. The van der Waals surface area contributed by atoms with Gasteiger partial charge < -0.3 is 19.9 Å². The number of fused-ring (bicyclic) bond motifs is 6. The van der Waals surface area contributed by atoms with Gasteiger partial charge in [-0.25, -0.2) is 0 Å². The maximum Gasteiger partial charge on any atom is 0.226 e. The molecule has 3 heterocycles. The number of phenolic OH excluding ortho intramolecular Hbond substituents is 1. The first kappa shape index (κ1) is 25.9. The van der Waals surface area contributed by atoms with E-state index in [0.29, 0.717) is 23.3 Å². The Morgan fingerprint density at radius 2 is 1.89 bits per heavy atom. The van der Waals surface area contributed by atoms with Crippen molar-refractivity contribution in [1.82, 2.24) is 15.1 Å². The van der Waals surface area contributed by atoms with E-state index in [1.807, 2.05) is 24.9 Å². The molecule has 2 N–H and O–H groups in total. The highest BCUT2D eigenvalue weighted by Crippen LogP contribution is 2.53. The van der Waals surface area contributed by atoms with E-state index < -0.39 is 23.9 Å². The largest absolute Gasteiger partial charge is 0.504 e. The zero-order valence-corrected chi connectivity index (χ0v) is 22.4. The van der Waals surface area contributed by atoms with Crippen molar-refractivity contribution in [3.63, 3.8) is 0 Å². The fourth-order valence-corrected chi connectivity index (χ4v) is 7.05. The zero-order chi connectivity index (χ0) is 27.6. The summed E-state index contributed by atoms with van der Waals surface area (Å²) in [5, 5.41) is 24.7. The number of nitrogens with zero attached hydrogens (tertiary/aromatic N) is 3. The lowest BCUT2D eigenvalue weighted by molar-refractivity contribution is -0.124. The van der Waals surface area contributed by atoms with Crippen molar-refractivity contribution >= 4 is 17.5 Å². The van der Waals surface area contributed by atoms with Crippen LogP contribution in [0.3, 0.4) is 0 Å². The third-order valence-corrected chi connectivity index (χ3v) is 8.61. The number of phenols is 1. The average Bonchev–Trinajstić information content (AvgIpc) is 2.86. The van der Waals surface area contributed by atoms with Crippen LogP contribution >= 0.6 is 0 Å². The summed E-state index contributed by atoms with van der Waals surface area (Å²) < 4.78 is 10.9. The summed E-state index contributed by atoms with van der Waals surface area (Å²) in [7, 11) is 4.80. The quantitative estimate of drug-likeness (QED) is 0.566. The molecule has 1 amide bonds. The predicted molar refractivity (Wildman–Crippen MR) is 136 cm³/mol. The molecule has 0 spiro atoms. The second-order valence-electron chi connectivity index (χ2n) is 10.5. The highest BCUT2D eigenvalue weighted by Gasteiger charge is 2.57. The van der Waals surface area contributed by atoms with Gasteiger partial charge in [-0.2, -0.15) is 5.26 Å². The molecule has 1 saturated heterocycles. The van der Waals surface area contributed by atoms with Crippen LogP contribution in [0.15, 0.2) is 28.5 Å². The Balaban J connectivity index is 1.74. The van der Waals surface area contributed by atoms with Crippen LogP contribution in [0.2, 0.25) is 0 Å². The second-order valence-corrected chi connectivity index (χ2v) is 10.5. The molecule has 0 aromatic heterocycles. The van der Waals surface area contributed by atoms with Gasteiger partial charge in [0.05, 0.1) is 32.4 Å². The molecule has 0 radical (unpaired) electrons. The van der Waals surface area contributed by atoms with Crippen molar-refractivity contribution in [2.24, 2.45) is 0 Å². The van der Waals surface area contributed by atoms with Crippen LogP contribution in [0.25, 0.3) is 0 Å². The minimum absolute atomic E-state index is 0.00828. The summed E-state index contributed by atoms with van der Waals surface area (Å²) in [6.07, 6.45) is 0.718. The number of ketones is 2. The highest BCUT2D eigenvalue weighted by molar-refractivity contribution is 6.25. The van der Waals surface area contributed by atoms with E-state index in [9.17, 15) is 24.8 Å². The van der Waals surface area contributed by atoms with Gasteiger partial charge in [0, 0.05) is 47.8 Å². The number of Topliss-reactive ketones (excluding diaryl/α,β-unsaturated/α-hetero) is 2. The highest BCUT2D eigenvalue weighted by atomic mass is 16.5. The molecule has 5 atom stereocenters. The molecule has 1 fully saturated rings. The van der Waals surface area contributed by atoms with E-state index in [4.69, 9.17) is 9.47 Å². The Labute approximate surface area is 221 Å². The lowest BCUT2D eigenvalue weighted by atomic mass is 9.69. The number of nitriles is 1. The summed E-state index contributed by atoms with van der Waals surface area (Å²) >= 11 is 0. The van der Waals surface area contributed by atoms with Gasteiger partial charge in [0.15, 0.2) is 23.0 Å². The third-order valence-electron chi connectivity index (χ3n) is 8.61. The molecular weight excluding hydrogens is 488 g/mol. The SMILES string of the molecule is COC1=C(C)C(=O)C2=C(C1=O)[C@H](CNC(C)=O)N1C(C2)C2c3c(cc(C)c(OC)c3O)C[C@@H]([C@@H]1C#N)N2C. The number of ether oxygens (including phenoxy) is 2. The van der Waals surface area contributed by atoms with Gasteiger partial charge in [-0.05, 0) is 44.9 Å². The molecule has 1 aromatic carbocycles. The molecular formula is C28H32N4O6. The standard InChI is InChI=1S/C28H32N4O6/c1-12-7-15-8-17-19(10-29)32-18(23(31(17)4)21(15)25(35)27(12)37-5)9-16-22(20(32)11-30-14(3)33)26(36)28(38-6)13(2)24(16)34/h7,17-20,23,35H,8-9,11H2,1-6H3,(H,30,33)/t17-,18?,19-,20-,23?/m0/s1. The van der Waals surface area contributed by atoms with Crippen molar-refractivity contribution in [2.45, 2.75) is 63.8 Å². The van der Waals surface area contributed by atoms with E-state index in [1.54, 1.807) is 6.92 Å². The van der Waals surface area contributed by atoms with E-state index in [1.165, 1.54) is 21.1 Å². The molecule has 200 valence electrons. The minimum atomic E-state index is -0.721. The molecule has 2 bridgehead atoms. The summed E-state index contributed by atoms with van der Waals surface area (Å²) in [4.78, 5) is 43.3. The third kappa shape index (κ3) is 3.49. The normalized spacial score (nSPS) is 28.8. The molecule has 0 saturated carbocycles. The number of rotatable bonds is 4. The maximum absolute atomic E-state index is 13.7.